The summed E-state index contributed by atoms with van der Waals surface area (Å²) in [6, 6.07) is 8.84. The maximum absolute atomic E-state index is 11.8. The molecule has 0 fully saturated rings. The molecule has 1 rings (SSSR count). The van der Waals surface area contributed by atoms with E-state index >= 15 is 0 Å². The van der Waals surface area contributed by atoms with Gasteiger partial charge in [-0.15, -0.1) is 0 Å². The molecule has 22 heavy (non-hydrogen) atoms. The SMILES string of the molecule is CC(CC(=O)OC=C(C#N)c1ccc(Cl)cc1)CC(C)(C)C. The molecule has 0 N–H and O–H groups in total. The molecule has 0 spiro atoms. The Balaban J connectivity index is 2.63. The molecule has 3 nitrogen and oxygen atoms in total. The van der Waals surface area contributed by atoms with Crippen molar-refractivity contribution in [2.24, 2.45) is 11.3 Å². The molecule has 0 aromatic heterocycles. The normalized spacial score (nSPS) is 13.4. The van der Waals surface area contributed by atoms with Gasteiger partial charge < -0.3 is 4.74 Å². The third kappa shape index (κ3) is 6.78. The highest BCUT2D eigenvalue weighted by atomic mass is 35.5. The number of rotatable bonds is 5. The number of ether oxygens (including phenoxy) is 1. The zero-order chi connectivity index (χ0) is 16.8. The van der Waals surface area contributed by atoms with Gasteiger partial charge in [0.2, 0.25) is 0 Å². The number of halogens is 1. The second kappa shape index (κ2) is 8.00. The minimum absolute atomic E-state index is 0.177. The van der Waals surface area contributed by atoms with Crippen LogP contribution < -0.4 is 0 Å². The van der Waals surface area contributed by atoms with E-state index in [1.165, 1.54) is 6.26 Å². The first-order valence-electron chi connectivity index (χ1n) is 7.27. The number of nitriles is 1. The molecule has 4 heteroatoms. The number of benzene rings is 1. The van der Waals surface area contributed by atoms with Crippen LogP contribution >= 0.6 is 11.6 Å². The third-order valence-corrected chi connectivity index (χ3v) is 3.31. The van der Waals surface area contributed by atoms with Gasteiger partial charge in [0, 0.05) is 11.4 Å². The smallest absolute Gasteiger partial charge is 0.310 e. The summed E-state index contributed by atoms with van der Waals surface area (Å²) in [5.74, 6) is -0.0829. The van der Waals surface area contributed by atoms with Crippen LogP contribution in [0.3, 0.4) is 0 Å². The molecule has 1 aromatic rings. The van der Waals surface area contributed by atoms with Crippen molar-refractivity contribution in [2.45, 2.75) is 40.5 Å². The van der Waals surface area contributed by atoms with Crippen molar-refractivity contribution in [3.05, 3.63) is 41.1 Å². The molecule has 0 aliphatic heterocycles. The minimum Gasteiger partial charge on any atom is -0.433 e. The molecule has 1 unspecified atom stereocenters. The van der Waals surface area contributed by atoms with E-state index in [9.17, 15) is 4.79 Å². The summed E-state index contributed by atoms with van der Waals surface area (Å²) in [5.41, 5.74) is 1.15. The minimum atomic E-state index is -0.321. The first kappa shape index (κ1) is 18.3. The van der Waals surface area contributed by atoms with Crippen LogP contribution in [0.5, 0.6) is 0 Å². The number of carbonyl (C=O) groups excluding carboxylic acids is 1. The number of carbonyl (C=O) groups is 1. The Labute approximate surface area is 137 Å². The van der Waals surface area contributed by atoms with Crippen LogP contribution in [0.15, 0.2) is 30.5 Å². The molecule has 1 atom stereocenters. The summed E-state index contributed by atoms with van der Waals surface area (Å²) in [6.45, 7) is 8.45. The van der Waals surface area contributed by atoms with Crippen LogP contribution in [0, 0.1) is 22.7 Å². The highest BCUT2D eigenvalue weighted by molar-refractivity contribution is 6.30. The average molecular weight is 320 g/mol. The van der Waals surface area contributed by atoms with Crippen molar-refractivity contribution in [3.8, 4) is 6.07 Å². The van der Waals surface area contributed by atoms with Gasteiger partial charge in [-0.05, 0) is 35.4 Å². The zero-order valence-electron chi connectivity index (χ0n) is 13.5. The van der Waals surface area contributed by atoms with Gasteiger partial charge in [-0.25, -0.2) is 0 Å². The first-order chi connectivity index (χ1) is 10.2. The quantitative estimate of drug-likeness (QED) is 0.425. The summed E-state index contributed by atoms with van der Waals surface area (Å²) in [7, 11) is 0. The van der Waals surface area contributed by atoms with E-state index in [-0.39, 0.29) is 17.3 Å². The van der Waals surface area contributed by atoms with E-state index in [0.717, 1.165) is 6.42 Å². The lowest BCUT2D eigenvalue weighted by Gasteiger charge is -2.22. The van der Waals surface area contributed by atoms with Crippen LogP contribution in [-0.4, -0.2) is 5.97 Å². The molecule has 0 aliphatic carbocycles. The topological polar surface area (TPSA) is 50.1 Å². The van der Waals surface area contributed by atoms with Gasteiger partial charge in [-0.2, -0.15) is 5.26 Å². The standard InChI is InChI=1S/C18H22ClNO2/c1-13(10-18(2,3)4)9-17(21)22-12-15(11-20)14-5-7-16(19)8-6-14/h5-8,12-13H,9-10H2,1-4H3. The van der Waals surface area contributed by atoms with Crippen molar-refractivity contribution < 1.29 is 9.53 Å². The van der Waals surface area contributed by atoms with Crippen LogP contribution in [0.4, 0.5) is 0 Å². The Morgan fingerprint density at radius 2 is 1.95 bits per heavy atom. The molecule has 0 bridgehead atoms. The predicted octanol–water partition coefficient (Wildman–Crippen LogP) is 5.21. The molecule has 0 saturated carbocycles. The molecular weight excluding hydrogens is 298 g/mol. The summed E-state index contributed by atoms with van der Waals surface area (Å²) < 4.78 is 5.11. The largest absolute Gasteiger partial charge is 0.433 e. The number of allylic oxidation sites excluding steroid dienone is 1. The predicted molar refractivity (Wildman–Crippen MR) is 89.0 cm³/mol. The third-order valence-electron chi connectivity index (χ3n) is 3.06. The number of nitrogens with zero attached hydrogens (tertiary/aromatic N) is 1. The Bertz CT molecular complexity index is 577. The van der Waals surface area contributed by atoms with E-state index in [1.807, 2.05) is 13.0 Å². The fourth-order valence-electron chi connectivity index (χ4n) is 2.36. The van der Waals surface area contributed by atoms with Crippen molar-refractivity contribution in [2.75, 3.05) is 0 Å². The van der Waals surface area contributed by atoms with Crippen molar-refractivity contribution in [3.63, 3.8) is 0 Å². The van der Waals surface area contributed by atoms with E-state index < -0.39 is 0 Å². The van der Waals surface area contributed by atoms with E-state index in [1.54, 1.807) is 24.3 Å². The molecule has 0 aliphatic rings. The Kier molecular flexibility index (Phi) is 6.64. The van der Waals surface area contributed by atoms with Crippen LogP contribution in [0.1, 0.15) is 46.1 Å². The van der Waals surface area contributed by atoms with Gasteiger partial charge in [-0.3, -0.25) is 4.79 Å². The Morgan fingerprint density at radius 1 is 1.36 bits per heavy atom. The van der Waals surface area contributed by atoms with E-state index in [4.69, 9.17) is 21.6 Å². The number of esters is 1. The van der Waals surface area contributed by atoms with Gasteiger partial charge in [-0.1, -0.05) is 51.4 Å². The van der Waals surface area contributed by atoms with Gasteiger partial charge in [0.15, 0.2) is 0 Å². The van der Waals surface area contributed by atoms with Crippen LogP contribution in [0.25, 0.3) is 5.57 Å². The molecule has 1 aromatic carbocycles. The maximum Gasteiger partial charge on any atom is 0.310 e. The van der Waals surface area contributed by atoms with E-state index in [0.29, 0.717) is 22.6 Å². The highest BCUT2D eigenvalue weighted by Gasteiger charge is 2.18. The highest BCUT2D eigenvalue weighted by Crippen LogP contribution is 2.26. The lowest BCUT2D eigenvalue weighted by atomic mass is 9.84. The Hall–Kier alpha value is -1.79. The Morgan fingerprint density at radius 3 is 2.45 bits per heavy atom. The monoisotopic (exact) mass is 319 g/mol. The van der Waals surface area contributed by atoms with Crippen LogP contribution in [0.2, 0.25) is 5.02 Å². The summed E-state index contributed by atoms with van der Waals surface area (Å²) in [4.78, 5) is 11.8. The molecular formula is C18H22ClNO2. The molecule has 118 valence electrons. The molecule has 0 amide bonds. The van der Waals surface area contributed by atoms with Gasteiger partial charge in [0.05, 0.1) is 5.57 Å². The second-order valence-corrected chi connectivity index (χ2v) is 7.15. The van der Waals surface area contributed by atoms with E-state index in [2.05, 4.69) is 20.8 Å². The fraction of sp³-hybridized carbons (Fsp3) is 0.444. The zero-order valence-corrected chi connectivity index (χ0v) is 14.3. The summed E-state index contributed by atoms with van der Waals surface area (Å²) >= 11 is 5.81. The molecule has 0 heterocycles. The van der Waals surface area contributed by atoms with Crippen molar-refractivity contribution in [1.29, 1.82) is 5.26 Å². The fourth-order valence-corrected chi connectivity index (χ4v) is 2.49. The number of hydrogen-bond acceptors (Lipinski definition) is 3. The van der Waals surface area contributed by atoms with Gasteiger partial charge in [0.25, 0.3) is 0 Å². The van der Waals surface area contributed by atoms with Crippen molar-refractivity contribution in [1.82, 2.24) is 0 Å². The average Bonchev–Trinajstić information content (AvgIpc) is 2.39. The summed E-state index contributed by atoms with van der Waals surface area (Å²) in [6.07, 6.45) is 2.50. The maximum atomic E-state index is 11.8. The molecule has 0 radical (unpaired) electrons. The second-order valence-electron chi connectivity index (χ2n) is 6.71. The first-order valence-corrected chi connectivity index (χ1v) is 7.65. The van der Waals surface area contributed by atoms with Gasteiger partial charge in [0.1, 0.15) is 12.3 Å². The van der Waals surface area contributed by atoms with Gasteiger partial charge >= 0.3 is 5.97 Å². The molecule has 0 saturated heterocycles. The summed E-state index contributed by atoms with van der Waals surface area (Å²) in [5, 5.41) is 9.75. The lowest BCUT2D eigenvalue weighted by Crippen LogP contribution is -2.14. The van der Waals surface area contributed by atoms with Crippen molar-refractivity contribution >= 4 is 23.1 Å². The number of hydrogen-bond donors (Lipinski definition) is 0. The lowest BCUT2D eigenvalue weighted by molar-refractivity contribution is -0.139. The van der Waals surface area contributed by atoms with Crippen LogP contribution in [-0.2, 0) is 9.53 Å².